The van der Waals surface area contributed by atoms with Crippen molar-refractivity contribution in [1.29, 1.82) is 0 Å². The van der Waals surface area contributed by atoms with Crippen molar-refractivity contribution in [2.24, 2.45) is 5.73 Å². The zero-order chi connectivity index (χ0) is 11.1. The Hall–Kier alpha value is -2.11. The number of nitro groups is 1. The zero-order valence-electron chi connectivity index (χ0n) is 7.51. The summed E-state index contributed by atoms with van der Waals surface area (Å²) < 4.78 is 0. The highest BCUT2D eigenvalue weighted by atomic mass is 16.6. The number of hydrogen-bond donors (Lipinski definition) is 2. The van der Waals surface area contributed by atoms with Crippen LogP contribution in [0, 0.1) is 10.1 Å². The molecule has 0 aromatic heterocycles. The number of phenolic OH excluding ortho intramolecular Hbond substituents is 1. The highest BCUT2D eigenvalue weighted by molar-refractivity contribution is 5.70. The molecule has 0 aliphatic heterocycles. The van der Waals surface area contributed by atoms with E-state index < -0.39 is 4.92 Å². The Morgan fingerprint density at radius 2 is 1.79 bits per heavy atom. The number of benzene rings is 1. The highest BCUT2D eigenvalue weighted by Crippen LogP contribution is 2.14. The molecule has 1 amide bonds. The second-order valence-corrected chi connectivity index (χ2v) is 2.38. The first-order valence-electron chi connectivity index (χ1n) is 3.63. The maximum atomic E-state index is 10.0. The summed E-state index contributed by atoms with van der Waals surface area (Å²) >= 11 is 0. The summed E-state index contributed by atoms with van der Waals surface area (Å²) in [7, 11) is 0. The minimum absolute atomic E-state index is 0.0159. The average Bonchev–Trinajstić information content (AvgIpc) is 2.03. The molecule has 6 heteroatoms. The zero-order valence-corrected chi connectivity index (χ0v) is 7.51. The van der Waals surface area contributed by atoms with Crippen LogP contribution in [0.4, 0.5) is 5.69 Å². The van der Waals surface area contributed by atoms with Crippen LogP contribution in [0.25, 0.3) is 0 Å². The Morgan fingerprint density at radius 3 is 2.07 bits per heavy atom. The van der Waals surface area contributed by atoms with E-state index in [-0.39, 0.29) is 17.3 Å². The van der Waals surface area contributed by atoms with Gasteiger partial charge in [-0.2, -0.15) is 0 Å². The lowest BCUT2D eigenvalue weighted by atomic mass is 10.3. The van der Waals surface area contributed by atoms with Crippen LogP contribution in [0.1, 0.15) is 6.92 Å². The van der Waals surface area contributed by atoms with Crippen molar-refractivity contribution in [2.45, 2.75) is 6.92 Å². The first kappa shape index (κ1) is 11.9. The number of aromatic hydroxyl groups is 1. The topological polar surface area (TPSA) is 106 Å². The van der Waals surface area contributed by atoms with Crippen LogP contribution < -0.4 is 5.73 Å². The predicted octanol–water partition coefficient (Wildman–Crippen LogP) is 0.792. The van der Waals surface area contributed by atoms with Crippen molar-refractivity contribution < 1.29 is 14.8 Å². The fourth-order valence-corrected chi connectivity index (χ4v) is 0.574. The van der Waals surface area contributed by atoms with E-state index in [1.807, 2.05) is 0 Å². The molecular weight excluding hydrogens is 188 g/mol. The second-order valence-electron chi connectivity index (χ2n) is 2.38. The Bertz CT molecular complexity index is 317. The molecule has 0 saturated heterocycles. The first-order valence-corrected chi connectivity index (χ1v) is 3.63. The van der Waals surface area contributed by atoms with Crippen LogP contribution in [0.5, 0.6) is 5.75 Å². The minimum atomic E-state index is -0.514. The number of hydrogen-bond acceptors (Lipinski definition) is 4. The van der Waals surface area contributed by atoms with Crippen LogP contribution in [0.2, 0.25) is 0 Å². The van der Waals surface area contributed by atoms with Crippen molar-refractivity contribution in [3.63, 3.8) is 0 Å². The van der Waals surface area contributed by atoms with Gasteiger partial charge in [0.1, 0.15) is 5.75 Å². The van der Waals surface area contributed by atoms with Crippen molar-refractivity contribution in [1.82, 2.24) is 0 Å². The van der Waals surface area contributed by atoms with Crippen LogP contribution in [0.15, 0.2) is 24.3 Å². The number of amides is 1. The molecular formula is C8H10N2O4. The van der Waals surface area contributed by atoms with Gasteiger partial charge >= 0.3 is 0 Å². The summed E-state index contributed by atoms with van der Waals surface area (Å²) in [5.74, 6) is -0.300. The SMILES string of the molecule is CC(N)=O.O=[N+]([O-])c1ccc(O)cc1. The Kier molecular flexibility index (Phi) is 4.69. The van der Waals surface area contributed by atoms with E-state index in [0.717, 1.165) is 0 Å². The van der Waals surface area contributed by atoms with Gasteiger partial charge < -0.3 is 10.8 Å². The smallest absolute Gasteiger partial charge is 0.269 e. The molecule has 14 heavy (non-hydrogen) atoms. The van der Waals surface area contributed by atoms with Crippen LogP contribution in [-0.2, 0) is 4.79 Å². The number of primary amides is 1. The molecule has 6 nitrogen and oxygen atoms in total. The molecule has 0 unspecified atom stereocenters. The number of phenols is 1. The van der Waals surface area contributed by atoms with Crippen LogP contribution in [0.3, 0.4) is 0 Å². The number of nitro benzene ring substituents is 1. The van der Waals surface area contributed by atoms with E-state index in [2.05, 4.69) is 5.73 Å². The van der Waals surface area contributed by atoms with E-state index in [0.29, 0.717) is 0 Å². The van der Waals surface area contributed by atoms with E-state index in [4.69, 9.17) is 5.11 Å². The van der Waals surface area contributed by atoms with Gasteiger partial charge in [-0.25, -0.2) is 0 Å². The third-order valence-corrected chi connectivity index (χ3v) is 1.06. The maximum Gasteiger partial charge on any atom is 0.269 e. The van der Waals surface area contributed by atoms with Crippen LogP contribution in [-0.4, -0.2) is 15.9 Å². The van der Waals surface area contributed by atoms with Crippen LogP contribution >= 0.6 is 0 Å². The molecule has 0 aliphatic carbocycles. The summed E-state index contributed by atoms with van der Waals surface area (Å²) in [5.41, 5.74) is 4.46. The van der Waals surface area contributed by atoms with E-state index >= 15 is 0 Å². The van der Waals surface area contributed by atoms with Gasteiger partial charge in [-0.3, -0.25) is 14.9 Å². The lowest BCUT2D eigenvalue weighted by molar-refractivity contribution is -0.384. The van der Waals surface area contributed by atoms with E-state index in [9.17, 15) is 14.9 Å². The standard InChI is InChI=1S/C6H5NO3.C2H5NO/c8-6-3-1-5(2-4-6)7(9)10;1-2(3)4/h1-4,8H;1H3,(H2,3,4). The Balaban J connectivity index is 0.000000364. The normalized spacial score (nSPS) is 8.36. The second kappa shape index (κ2) is 5.52. The van der Waals surface area contributed by atoms with Gasteiger partial charge in [0.2, 0.25) is 5.91 Å². The molecule has 0 aliphatic rings. The molecule has 1 aromatic rings. The third kappa shape index (κ3) is 5.53. The molecule has 0 atom stereocenters. The third-order valence-electron chi connectivity index (χ3n) is 1.06. The Labute approximate surface area is 80.1 Å². The first-order chi connectivity index (χ1) is 6.43. The number of rotatable bonds is 1. The number of nitrogens with two attached hydrogens (primary N) is 1. The molecule has 0 heterocycles. The number of carbonyl (C=O) groups is 1. The lowest BCUT2D eigenvalue weighted by Crippen LogP contribution is -2.01. The maximum absolute atomic E-state index is 10.0. The lowest BCUT2D eigenvalue weighted by Gasteiger charge is -1.89. The molecule has 0 saturated carbocycles. The molecule has 76 valence electrons. The van der Waals surface area contributed by atoms with Gasteiger partial charge in [0.15, 0.2) is 0 Å². The highest BCUT2D eigenvalue weighted by Gasteiger charge is 2.01. The van der Waals surface area contributed by atoms with Gasteiger partial charge in [0.25, 0.3) is 5.69 Å². The molecule has 0 bridgehead atoms. The fraction of sp³-hybridized carbons (Fsp3) is 0.125. The number of carbonyl (C=O) groups excluding carboxylic acids is 1. The van der Waals surface area contributed by atoms with Gasteiger partial charge in [-0.05, 0) is 12.1 Å². The van der Waals surface area contributed by atoms with Crippen molar-refractivity contribution in [3.8, 4) is 5.75 Å². The van der Waals surface area contributed by atoms with Gasteiger partial charge in [-0.1, -0.05) is 0 Å². The summed E-state index contributed by atoms with van der Waals surface area (Å²) in [6, 6.07) is 5.04. The average molecular weight is 198 g/mol. The largest absolute Gasteiger partial charge is 0.508 e. The van der Waals surface area contributed by atoms with Crippen molar-refractivity contribution >= 4 is 11.6 Å². The molecule has 0 radical (unpaired) electrons. The predicted molar refractivity (Wildman–Crippen MR) is 49.6 cm³/mol. The quantitative estimate of drug-likeness (QED) is 0.513. The number of non-ortho nitro benzene ring substituents is 1. The number of nitrogens with zero attached hydrogens (tertiary/aromatic N) is 1. The Morgan fingerprint density at radius 1 is 1.43 bits per heavy atom. The van der Waals surface area contributed by atoms with Gasteiger partial charge in [0.05, 0.1) is 4.92 Å². The van der Waals surface area contributed by atoms with Gasteiger partial charge in [-0.15, -0.1) is 0 Å². The molecule has 1 aromatic carbocycles. The molecule has 3 N–H and O–H groups in total. The summed E-state index contributed by atoms with van der Waals surface area (Å²) in [6.07, 6.45) is 0. The summed E-state index contributed by atoms with van der Waals surface area (Å²) in [6.45, 7) is 1.31. The summed E-state index contributed by atoms with van der Waals surface area (Å²) in [5, 5.41) is 18.8. The minimum Gasteiger partial charge on any atom is -0.508 e. The molecule has 0 spiro atoms. The van der Waals surface area contributed by atoms with E-state index in [1.165, 1.54) is 31.2 Å². The monoisotopic (exact) mass is 198 g/mol. The fourth-order valence-electron chi connectivity index (χ4n) is 0.574. The van der Waals surface area contributed by atoms with Gasteiger partial charge in [0, 0.05) is 19.1 Å². The van der Waals surface area contributed by atoms with Crippen molar-refractivity contribution in [3.05, 3.63) is 34.4 Å². The summed E-state index contributed by atoms with van der Waals surface area (Å²) in [4.78, 5) is 18.7. The molecule has 0 fully saturated rings. The van der Waals surface area contributed by atoms with E-state index in [1.54, 1.807) is 0 Å². The molecule has 1 rings (SSSR count). The van der Waals surface area contributed by atoms with Crippen molar-refractivity contribution in [2.75, 3.05) is 0 Å².